The van der Waals surface area contributed by atoms with E-state index in [4.69, 9.17) is 0 Å². The van der Waals surface area contributed by atoms with Gasteiger partial charge in [-0.2, -0.15) is 13.2 Å². The van der Waals surface area contributed by atoms with Crippen LogP contribution in [0.25, 0.3) is 0 Å². The predicted molar refractivity (Wildman–Crippen MR) is 109 cm³/mol. The Hall–Kier alpha value is -2.55. The van der Waals surface area contributed by atoms with Gasteiger partial charge in [0.05, 0.1) is 17.5 Å². The van der Waals surface area contributed by atoms with E-state index in [1.165, 1.54) is 18.2 Å². The standard InChI is InChI=1S/C21H23F3N2O3S/c1-14-3-4-17(13-19(14)25-30(2,28)29)20(27)26-11-9-16(10-12-26)15-5-7-18(8-6-15)21(22,23)24/h3-8,13,16,25H,9-12H2,1-2H3. The first-order valence-corrected chi connectivity index (χ1v) is 11.4. The third kappa shape index (κ3) is 5.33. The maximum atomic E-state index is 12.9. The number of nitrogens with zero attached hydrogens (tertiary/aromatic N) is 1. The molecule has 0 spiro atoms. The van der Waals surface area contributed by atoms with Crippen molar-refractivity contribution >= 4 is 21.6 Å². The summed E-state index contributed by atoms with van der Waals surface area (Å²) in [6, 6.07) is 10.1. The molecule has 3 rings (SSSR count). The van der Waals surface area contributed by atoms with Crippen molar-refractivity contribution in [1.29, 1.82) is 0 Å². The number of piperidine rings is 1. The van der Waals surface area contributed by atoms with Crippen LogP contribution in [-0.2, 0) is 16.2 Å². The van der Waals surface area contributed by atoms with Gasteiger partial charge in [-0.05, 0) is 61.1 Å². The van der Waals surface area contributed by atoms with Crippen LogP contribution in [0.3, 0.4) is 0 Å². The zero-order chi connectivity index (χ0) is 22.1. The highest BCUT2D eigenvalue weighted by Crippen LogP contribution is 2.33. The van der Waals surface area contributed by atoms with Crippen LogP contribution in [0.2, 0.25) is 0 Å². The second-order valence-corrected chi connectivity index (χ2v) is 9.34. The van der Waals surface area contributed by atoms with Crippen molar-refractivity contribution in [3.63, 3.8) is 0 Å². The van der Waals surface area contributed by atoms with E-state index in [2.05, 4.69) is 4.72 Å². The molecule has 162 valence electrons. The first-order valence-electron chi connectivity index (χ1n) is 9.49. The Balaban J connectivity index is 1.66. The molecule has 1 saturated heterocycles. The van der Waals surface area contributed by atoms with Crippen LogP contribution < -0.4 is 4.72 Å². The van der Waals surface area contributed by atoms with Gasteiger partial charge in [0.1, 0.15) is 0 Å². The predicted octanol–water partition coefficient (Wildman–Crippen LogP) is 4.41. The number of amides is 1. The Kier molecular flexibility index (Phi) is 6.12. The second kappa shape index (κ2) is 8.29. The summed E-state index contributed by atoms with van der Waals surface area (Å²) in [6.45, 7) is 2.71. The largest absolute Gasteiger partial charge is 0.416 e. The fourth-order valence-corrected chi connectivity index (χ4v) is 4.23. The summed E-state index contributed by atoms with van der Waals surface area (Å²) >= 11 is 0. The third-order valence-corrected chi connectivity index (χ3v) is 5.86. The highest BCUT2D eigenvalue weighted by atomic mass is 32.2. The Labute approximate surface area is 173 Å². The number of carbonyl (C=O) groups excluding carboxylic acids is 1. The highest BCUT2D eigenvalue weighted by molar-refractivity contribution is 7.92. The van der Waals surface area contributed by atoms with Crippen molar-refractivity contribution in [1.82, 2.24) is 4.90 Å². The summed E-state index contributed by atoms with van der Waals surface area (Å²) < 4.78 is 63.6. The van der Waals surface area contributed by atoms with Crippen LogP contribution >= 0.6 is 0 Å². The van der Waals surface area contributed by atoms with Crippen molar-refractivity contribution in [2.75, 3.05) is 24.1 Å². The third-order valence-electron chi connectivity index (χ3n) is 5.27. The molecule has 2 aromatic rings. The number of halogens is 3. The van der Waals surface area contributed by atoms with Gasteiger partial charge in [0.25, 0.3) is 5.91 Å². The topological polar surface area (TPSA) is 66.5 Å². The minimum atomic E-state index is -4.35. The summed E-state index contributed by atoms with van der Waals surface area (Å²) in [5, 5.41) is 0. The molecule has 5 nitrogen and oxygen atoms in total. The lowest BCUT2D eigenvalue weighted by molar-refractivity contribution is -0.137. The van der Waals surface area contributed by atoms with Crippen LogP contribution in [0.15, 0.2) is 42.5 Å². The molecule has 1 amide bonds. The van der Waals surface area contributed by atoms with Crippen molar-refractivity contribution in [3.8, 4) is 0 Å². The number of benzene rings is 2. The van der Waals surface area contributed by atoms with Gasteiger partial charge in [-0.25, -0.2) is 8.42 Å². The Morgan fingerprint density at radius 2 is 1.67 bits per heavy atom. The van der Waals surface area contributed by atoms with Crippen LogP contribution in [0.5, 0.6) is 0 Å². The summed E-state index contributed by atoms with van der Waals surface area (Å²) in [4.78, 5) is 14.5. The first kappa shape index (κ1) is 22.1. The van der Waals surface area contributed by atoms with Crippen molar-refractivity contribution in [2.45, 2.75) is 31.9 Å². The summed E-state index contributed by atoms with van der Waals surface area (Å²) in [5.74, 6) is -0.103. The second-order valence-electron chi connectivity index (χ2n) is 7.59. The average Bonchev–Trinajstić information content (AvgIpc) is 2.68. The molecule has 0 radical (unpaired) electrons. The van der Waals surface area contributed by atoms with Crippen LogP contribution in [0, 0.1) is 6.92 Å². The van der Waals surface area contributed by atoms with Crippen molar-refractivity contribution in [2.24, 2.45) is 0 Å². The number of aryl methyl sites for hydroxylation is 1. The minimum Gasteiger partial charge on any atom is -0.339 e. The Morgan fingerprint density at radius 3 is 2.20 bits per heavy atom. The Bertz CT molecular complexity index is 1030. The lowest BCUT2D eigenvalue weighted by Gasteiger charge is -2.32. The molecular weight excluding hydrogens is 417 g/mol. The Morgan fingerprint density at radius 1 is 1.07 bits per heavy atom. The molecule has 1 aliphatic rings. The number of hydrogen-bond acceptors (Lipinski definition) is 3. The molecule has 1 N–H and O–H groups in total. The number of anilines is 1. The van der Waals surface area contributed by atoms with E-state index in [-0.39, 0.29) is 11.8 Å². The summed E-state index contributed by atoms with van der Waals surface area (Å²) in [7, 11) is -3.46. The zero-order valence-electron chi connectivity index (χ0n) is 16.7. The molecule has 1 aliphatic heterocycles. The van der Waals surface area contributed by atoms with E-state index >= 15 is 0 Å². The lowest BCUT2D eigenvalue weighted by atomic mass is 9.88. The fraction of sp³-hybridized carbons (Fsp3) is 0.381. The summed E-state index contributed by atoms with van der Waals surface area (Å²) in [5.41, 5.74) is 1.63. The van der Waals surface area contributed by atoms with Crippen molar-refractivity contribution < 1.29 is 26.4 Å². The number of rotatable bonds is 4. The molecular formula is C21H23F3N2O3S. The maximum Gasteiger partial charge on any atom is 0.416 e. The van der Waals surface area contributed by atoms with E-state index in [1.807, 2.05) is 0 Å². The van der Waals surface area contributed by atoms with E-state index in [0.29, 0.717) is 42.7 Å². The molecule has 0 aliphatic carbocycles. The van der Waals surface area contributed by atoms with E-state index in [1.54, 1.807) is 24.0 Å². The number of sulfonamides is 1. The van der Waals surface area contributed by atoms with Crippen LogP contribution in [0.1, 0.15) is 45.8 Å². The molecule has 0 bridgehead atoms. The molecule has 1 heterocycles. The molecule has 1 fully saturated rings. The quantitative estimate of drug-likeness (QED) is 0.766. The number of nitrogens with one attached hydrogen (secondary N) is 1. The number of hydrogen-bond donors (Lipinski definition) is 1. The molecule has 0 saturated carbocycles. The number of alkyl halides is 3. The molecule has 0 atom stereocenters. The van der Waals surface area contributed by atoms with Gasteiger partial charge in [0, 0.05) is 18.7 Å². The normalized spacial score (nSPS) is 15.8. The van der Waals surface area contributed by atoms with Gasteiger partial charge in [-0.3, -0.25) is 9.52 Å². The van der Waals surface area contributed by atoms with E-state index in [9.17, 15) is 26.4 Å². The molecule has 9 heteroatoms. The SMILES string of the molecule is Cc1ccc(C(=O)N2CCC(c3ccc(C(F)(F)F)cc3)CC2)cc1NS(C)(=O)=O. The average molecular weight is 440 g/mol. The molecule has 30 heavy (non-hydrogen) atoms. The van der Waals surface area contributed by atoms with Gasteiger partial charge in [0.2, 0.25) is 10.0 Å². The van der Waals surface area contributed by atoms with E-state index in [0.717, 1.165) is 24.0 Å². The highest BCUT2D eigenvalue weighted by Gasteiger charge is 2.31. The van der Waals surface area contributed by atoms with Gasteiger partial charge < -0.3 is 4.90 Å². The van der Waals surface area contributed by atoms with Gasteiger partial charge in [-0.1, -0.05) is 18.2 Å². The van der Waals surface area contributed by atoms with Gasteiger partial charge in [0.15, 0.2) is 0 Å². The minimum absolute atomic E-state index is 0.0943. The first-order chi connectivity index (χ1) is 13.9. The lowest BCUT2D eigenvalue weighted by Crippen LogP contribution is -2.38. The van der Waals surface area contributed by atoms with Crippen molar-refractivity contribution in [3.05, 3.63) is 64.7 Å². The monoisotopic (exact) mass is 440 g/mol. The number of likely N-dealkylation sites (tertiary alicyclic amines) is 1. The smallest absolute Gasteiger partial charge is 0.339 e. The zero-order valence-corrected chi connectivity index (χ0v) is 17.5. The van der Waals surface area contributed by atoms with Gasteiger partial charge >= 0.3 is 6.18 Å². The van der Waals surface area contributed by atoms with Crippen LogP contribution in [0.4, 0.5) is 18.9 Å². The summed E-state index contributed by atoms with van der Waals surface area (Å²) in [6.07, 6.45) is -2.01. The van der Waals surface area contributed by atoms with E-state index < -0.39 is 21.8 Å². The van der Waals surface area contributed by atoms with Gasteiger partial charge in [-0.15, -0.1) is 0 Å². The number of carbonyl (C=O) groups is 1. The van der Waals surface area contributed by atoms with Crippen LogP contribution in [-0.4, -0.2) is 38.6 Å². The molecule has 0 aromatic heterocycles. The fourth-order valence-electron chi connectivity index (χ4n) is 3.61. The maximum absolute atomic E-state index is 12.9. The molecule has 0 unspecified atom stereocenters. The molecule has 2 aromatic carbocycles.